The first-order chi connectivity index (χ1) is 20.5. The van der Waals surface area contributed by atoms with Crippen LogP contribution in [0.1, 0.15) is 44.9 Å². The van der Waals surface area contributed by atoms with Gasteiger partial charge in [-0.1, -0.05) is 11.6 Å². The third kappa shape index (κ3) is 7.25. The Morgan fingerprint density at radius 3 is 2.52 bits per heavy atom. The second-order valence-electron chi connectivity index (χ2n) is 11.9. The molecule has 0 spiro atoms. The lowest BCUT2D eigenvalue weighted by Gasteiger charge is -2.42. The number of rotatable bonds is 10. The van der Waals surface area contributed by atoms with Crippen molar-refractivity contribution in [2.24, 2.45) is 0 Å². The summed E-state index contributed by atoms with van der Waals surface area (Å²) in [6.07, 6.45) is 9.63. The van der Waals surface area contributed by atoms with Crippen LogP contribution in [0.5, 0.6) is 11.5 Å². The number of nitrogens with zero attached hydrogens (tertiary/aromatic N) is 5. The molecule has 0 atom stereocenters. The quantitative estimate of drug-likeness (QED) is 0.287. The summed E-state index contributed by atoms with van der Waals surface area (Å²) in [5, 5.41) is 4.11. The Bertz CT molecular complexity index is 1340. The van der Waals surface area contributed by atoms with E-state index in [1.807, 2.05) is 12.1 Å². The summed E-state index contributed by atoms with van der Waals surface area (Å²) in [7, 11) is 2.23. The number of fused-ring (bicyclic) bond motifs is 1. The summed E-state index contributed by atoms with van der Waals surface area (Å²) in [4.78, 5) is 16.8. The van der Waals surface area contributed by atoms with Crippen molar-refractivity contribution in [3.63, 3.8) is 0 Å². The summed E-state index contributed by atoms with van der Waals surface area (Å²) in [6, 6.07) is 9.20. The highest BCUT2D eigenvalue weighted by molar-refractivity contribution is 6.31. The Labute approximate surface area is 253 Å². The SMILES string of the molecule is CN1CCC(N2CCN(CCCOc3cc(OC4CCCC4)c4c(Nc5ccc(F)c(Cl)c5)ncnc4c3)CC2)CC1. The third-order valence-electron chi connectivity index (χ3n) is 8.95. The number of halogens is 2. The number of piperidine rings is 1. The fourth-order valence-corrected chi connectivity index (χ4v) is 6.67. The molecule has 2 saturated heterocycles. The summed E-state index contributed by atoms with van der Waals surface area (Å²) >= 11 is 6.02. The van der Waals surface area contributed by atoms with E-state index in [0.29, 0.717) is 23.9 Å². The van der Waals surface area contributed by atoms with Crippen molar-refractivity contribution in [1.29, 1.82) is 0 Å². The molecule has 0 bridgehead atoms. The zero-order valence-corrected chi connectivity index (χ0v) is 25.3. The molecule has 8 nitrogen and oxygen atoms in total. The molecule has 1 saturated carbocycles. The van der Waals surface area contributed by atoms with Crippen LogP contribution in [0.3, 0.4) is 0 Å². The van der Waals surface area contributed by atoms with Crippen molar-refractivity contribution in [2.75, 3.05) is 64.8 Å². The molecule has 226 valence electrons. The highest BCUT2D eigenvalue weighted by Gasteiger charge is 2.26. The molecule has 42 heavy (non-hydrogen) atoms. The maximum absolute atomic E-state index is 13.7. The van der Waals surface area contributed by atoms with Crippen LogP contribution in [0.15, 0.2) is 36.7 Å². The molecule has 2 aromatic carbocycles. The number of piperazine rings is 1. The maximum atomic E-state index is 13.7. The van der Waals surface area contributed by atoms with E-state index in [-0.39, 0.29) is 11.1 Å². The molecule has 0 radical (unpaired) electrons. The molecule has 6 rings (SSSR count). The molecular formula is C32H42ClFN6O2. The van der Waals surface area contributed by atoms with E-state index in [0.717, 1.165) is 61.6 Å². The van der Waals surface area contributed by atoms with Gasteiger partial charge in [-0.05, 0) is 83.3 Å². The summed E-state index contributed by atoms with van der Waals surface area (Å²) in [6.45, 7) is 8.71. The first-order valence-corrected chi connectivity index (χ1v) is 15.8. The summed E-state index contributed by atoms with van der Waals surface area (Å²) < 4.78 is 26.5. The van der Waals surface area contributed by atoms with Crippen LogP contribution in [-0.2, 0) is 0 Å². The van der Waals surface area contributed by atoms with E-state index in [2.05, 4.69) is 37.0 Å². The van der Waals surface area contributed by atoms with Gasteiger partial charge in [0.25, 0.3) is 0 Å². The lowest BCUT2D eigenvalue weighted by molar-refractivity contribution is 0.0627. The average Bonchev–Trinajstić information content (AvgIpc) is 3.51. The predicted molar refractivity (Wildman–Crippen MR) is 166 cm³/mol. The molecule has 3 fully saturated rings. The van der Waals surface area contributed by atoms with Crippen molar-refractivity contribution in [3.05, 3.63) is 47.5 Å². The molecule has 10 heteroatoms. The molecule has 1 aliphatic carbocycles. The van der Waals surface area contributed by atoms with Crippen LogP contribution in [0.2, 0.25) is 5.02 Å². The van der Waals surface area contributed by atoms with E-state index in [4.69, 9.17) is 21.1 Å². The fraction of sp³-hybridized carbons (Fsp3) is 0.562. The minimum atomic E-state index is -0.461. The van der Waals surface area contributed by atoms with Gasteiger partial charge < -0.3 is 24.6 Å². The highest BCUT2D eigenvalue weighted by Crippen LogP contribution is 2.38. The topological polar surface area (TPSA) is 66.0 Å². The monoisotopic (exact) mass is 596 g/mol. The molecule has 1 aromatic heterocycles. The van der Waals surface area contributed by atoms with Crippen molar-refractivity contribution in [3.8, 4) is 11.5 Å². The normalized spacial score (nSPS) is 19.9. The van der Waals surface area contributed by atoms with Crippen molar-refractivity contribution < 1.29 is 13.9 Å². The van der Waals surface area contributed by atoms with Gasteiger partial charge in [-0.2, -0.15) is 0 Å². The number of ether oxygens (including phenoxy) is 2. The Kier molecular flexibility index (Phi) is 9.59. The van der Waals surface area contributed by atoms with E-state index in [1.165, 1.54) is 64.3 Å². The number of likely N-dealkylation sites (tertiary alicyclic amines) is 1. The number of hydrogen-bond acceptors (Lipinski definition) is 8. The van der Waals surface area contributed by atoms with Crippen LogP contribution in [0.25, 0.3) is 10.9 Å². The smallest absolute Gasteiger partial charge is 0.145 e. The van der Waals surface area contributed by atoms with Gasteiger partial charge in [-0.15, -0.1) is 0 Å². The van der Waals surface area contributed by atoms with Gasteiger partial charge in [0.1, 0.15) is 29.5 Å². The number of hydrogen-bond donors (Lipinski definition) is 1. The first kappa shape index (κ1) is 29.4. The molecule has 2 aliphatic heterocycles. The van der Waals surface area contributed by atoms with Crippen molar-refractivity contribution in [1.82, 2.24) is 24.7 Å². The highest BCUT2D eigenvalue weighted by atomic mass is 35.5. The van der Waals surface area contributed by atoms with Crippen LogP contribution in [-0.4, -0.2) is 96.3 Å². The molecule has 0 amide bonds. The minimum absolute atomic E-state index is 0.0515. The van der Waals surface area contributed by atoms with Gasteiger partial charge in [0, 0.05) is 56.6 Å². The van der Waals surface area contributed by atoms with Gasteiger partial charge in [-0.3, -0.25) is 4.90 Å². The van der Waals surface area contributed by atoms with E-state index in [1.54, 1.807) is 12.1 Å². The van der Waals surface area contributed by atoms with Gasteiger partial charge in [-0.25, -0.2) is 14.4 Å². The molecule has 0 unspecified atom stereocenters. The lowest BCUT2D eigenvalue weighted by atomic mass is 10.0. The number of nitrogens with one attached hydrogen (secondary N) is 1. The third-order valence-corrected chi connectivity index (χ3v) is 9.24. The number of benzene rings is 2. The van der Waals surface area contributed by atoms with Crippen molar-refractivity contribution >= 4 is 34.0 Å². The predicted octanol–water partition coefficient (Wildman–Crippen LogP) is 5.97. The summed E-state index contributed by atoms with van der Waals surface area (Å²) in [5.74, 6) is 1.58. The molecule has 3 aliphatic rings. The van der Waals surface area contributed by atoms with Gasteiger partial charge in [0.15, 0.2) is 0 Å². The van der Waals surface area contributed by atoms with Gasteiger partial charge in [0.05, 0.1) is 28.6 Å². The van der Waals surface area contributed by atoms with Crippen molar-refractivity contribution in [2.45, 2.75) is 57.1 Å². The largest absolute Gasteiger partial charge is 0.493 e. The second kappa shape index (κ2) is 13.7. The zero-order valence-electron chi connectivity index (χ0n) is 24.5. The number of aromatic nitrogens is 2. The molecule has 3 heterocycles. The zero-order chi connectivity index (χ0) is 28.9. The fourth-order valence-electron chi connectivity index (χ4n) is 6.49. The average molecular weight is 597 g/mol. The van der Waals surface area contributed by atoms with E-state index < -0.39 is 5.82 Å². The second-order valence-corrected chi connectivity index (χ2v) is 12.3. The Balaban J connectivity index is 1.09. The molecule has 1 N–H and O–H groups in total. The van der Waals surface area contributed by atoms with Gasteiger partial charge >= 0.3 is 0 Å². The summed E-state index contributed by atoms with van der Waals surface area (Å²) in [5.41, 5.74) is 1.37. The van der Waals surface area contributed by atoms with Crippen LogP contribution < -0.4 is 14.8 Å². The molecule has 3 aromatic rings. The first-order valence-electron chi connectivity index (χ1n) is 15.5. The number of anilines is 2. The van der Waals surface area contributed by atoms with Crippen LogP contribution >= 0.6 is 11.6 Å². The maximum Gasteiger partial charge on any atom is 0.145 e. The Morgan fingerprint density at radius 2 is 1.76 bits per heavy atom. The van der Waals surface area contributed by atoms with Crippen LogP contribution in [0.4, 0.5) is 15.9 Å². The van der Waals surface area contributed by atoms with Crippen LogP contribution in [0, 0.1) is 5.82 Å². The van der Waals surface area contributed by atoms with E-state index >= 15 is 0 Å². The Hall–Kier alpha value is -2.72. The lowest BCUT2D eigenvalue weighted by Crippen LogP contribution is -2.53. The Morgan fingerprint density at radius 1 is 0.976 bits per heavy atom. The van der Waals surface area contributed by atoms with Gasteiger partial charge in [0.2, 0.25) is 0 Å². The molecular weight excluding hydrogens is 555 g/mol. The standard InChI is InChI=1S/C32H42ClFN6O2/c1-38-12-9-24(10-13-38)40-16-14-39(15-17-40)11-4-18-41-26-20-29-31(30(21-26)42-25-5-2-3-6-25)32(36-22-35-29)37-23-7-8-28(34)27(33)19-23/h7-8,19-22,24-25H,2-6,9-18H2,1H3,(H,35,36,37). The minimum Gasteiger partial charge on any atom is -0.493 e. The van der Waals surface area contributed by atoms with E-state index in [9.17, 15) is 4.39 Å².